The van der Waals surface area contributed by atoms with Crippen LogP contribution in [-0.2, 0) is 4.79 Å². The highest BCUT2D eigenvalue weighted by Crippen LogP contribution is 2.43. The number of benzene rings is 1. The van der Waals surface area contributed by atoms with E-state index in [0.29, 0.717) is 0 Å². The maximum absolute atomic E-state index is 12.8. The largest absolute Gasteiger partial charge is 0.235 e. The molecule has 0 N–H and O–H groups in total. The van der Waals surface area contributed by atoms with Crippen LogP contribution in [0.3, 0.4) is 0 Å². The first-order valence-electron chi connectivity index (χ1n) is 4.13. The molecule has 0 heterocycles. The lowest BCUT2D eigenvalue weighted by Crippen LogP contribution is -1.85. The van der Waals surface area contributed by atoms with E-state index in [9.17, 15) is 9.18 Å². The van der Waals surface area contributed by atoms with Gasteiger partial charge >= 0.3 is 0 Å². The van der Waals surface area contributed by atoms with E-state index in [0.717, 1.165) is 12.0 Å². The average Bonchev–Trinajstić information content (AvgIpc) is 2.85. The molecule has 0 amide bonds. The van der Waals surface area contributed by atoms with Crippen molar-refractivity contribution in [3.8, 4) is 0 Å². The molecule has 0 unspecified atom stereocenters. The van der Waals surface area contributed by atoms with Crippen molar-refractivity contribution in [1.29, 1.82) is 0 Å². The number of halogens is 1. The van der Waals surface area contributed by atoms with E-state index in [-0.39, 0.29) is 17.8 Å². The first-order chi connectivity index (χ1) is 6.31. The van der Waals surface area contributed by atoms with Crippen LogP contribution < -0.4 is 0 Å². The van der Waals surface area contributed by atoms with Crippen LogP contribution in [0.2, 0.25) is 0 Å². The van der Waals surface area contributed by atoms with E-state index in [1.807, 2.05) is 6.07 Å². The van der Waals surface area contributed by atoms with Gasteiger partial charge < -0.3 is 0 Å². The second kappa shape index (κ2) is 3.11. The fraction of sp³-hybridized carbons (Fsp3) is 0.300. The van der Waals surface area contributed by atoms with E-state index in [2.05, 4.69) is 4.99 Å². The standard InChI is InChI=1S/C10H8FNO/c11-8-3-1-2-7(4-8)9-5-10(9)12-6-13/h1-4,9-10H,5H2/t9-,10+/m1/s1. The third-order valence-electron chi connectivity index (χ3n) is 2.25. The first-order valence-corrected chi connectivity index (χ1v) is 4.13. The summed E-state index contributed by atoms with van der Waals surface area (Å²) in [5.74, 6) is -0.0182. The third-order valence-corrected chi connectivity index (χ3v) is 2.25. The number of nitrogens with zero attached hydrogens (tertiary/aromatic N) is 1. The van der Waals surface area contributed by atoms with Gasteiger partial charge in [0.15, 0.2) is 0 Å². The predicted octanol–water partition coefficient (Wildman–Crippen LogP) is 2.02. The average molecular weight is 177 g/mol. The summed E-state index contributed by atoms with van der Waals surface area (Å²) in [5, 5.41) is 0. The van der Waals surface area contributed by atoms with Crippen molar-refractivity contribution in [3.05, 3.63) is 35.6 Å². The number of hydrogen-bond acceptors (Lipinski definition) is 2. The summed E-state index contributed by atoms with van der Waals surface area (Å²) in [4.78, 5) is 13.5. The van der Waals surface area contributed by atoms with E-state index >= 15 is 0 Å². The molecule has 2 nitrogen and oxygen atoms in total. The SMILES string of the molecule is O=C=N[C@H]1C[C@@H]1c1cccc(F)c1. The molecule has 0 saturated heterocycles. The summed E-state index contributed by atoms with van der Waals surface area (Å²) in [6.07, 6.45) is 2.36. The monoisotopic (exact) mass is 177 g/mol. The Bertz CT molecular complexity index is 371. The molecule has 2 rings (SSSR count). The zero-order chi connectivity index (χ0) is 9.26. The number of isocyanates is 1. The van der Waals surface area contributed by atoms with Crippen LogP contribution in [0.1, 0.15) is 17.9 Å². The predicted molar refractivity (Wildman–Crippen MR) is 45.7 cm³/mol. The van der Waals surface area contributed by atoms with Gasteiger partial charge in [-0.1, -0.05) is 12.1 Å². The van der Waals surface area contributed by atoms with Crippen molar-refractivity contribution in [2.45, 2.75) is 18.4 Å². The number of hydrogen-bond donors (Lipinski definition) is 0. The topological polar surface area (TPSA) is 29.4 Å². The van der Waals surface area contributed by atoms with E-state index in [4.69, 9.17) is 0 Å². The Morgan fingerprint density at radius 1 is 1.54 bits per heavy atom. The summed E-state index contributed by atoms with van der Waals surface area (Å²) in [7, 11) is 0. The second-order valence-electron chi connectivity index (χ2n) is 3.18. The summed E-state index contributed by atoms with van der Waals surface area (Å²) >= 11 is 0. The van der Waals surface area contributed by atoms with Crippen LogP contribution in [0.4, 0.5) is 4.39 Å². The van der Waals surface area contributed by atoms with Crippen molar-refractivity contribution in [1.82, 2.24) is 0 Å². The molecule has 13 heavy (non-hydrogen) atoms. The minimum absolute atomic E-state index is 0.0271. The molecule has 1 aliphatic carbocycles. The molecular formula is C10H8FNO. The van der Waals surface area contributed by atoms with E-state index < -0.39 is 0 Å². The first kappa shape index (κ1) is 8.14. The summed E-state index contributed by atoms with van der Waals surface area (Å²) in [6.45, 7) is 0. The second-order valence-corrected chi connectivity index (χ2v) is 3.18. The molecule has 3 heteroatoms. The highest BCUT2D eigenvalue weighted by molar-refractivity contribution is 5.38. The maximum atomic E-state index is 12.8. The minimum Gasteiger partial charge on any atom is -0.211 e. The lowest BCUT2D eigenvalue weighted by molar-refractivity contribution is 0.562. The Kier molecular flexibility index (Phi) is 1.95. The smallest absolute Gasteiger partial charge is 0.211 e. The quantitative estimate of drug-likeness (QED) is 0.502. The Morgan fingerprint density at radius 2 is 2.38 bits per heavy atom. The van der Waals surface area contributed by atoms with Crippen molar-refractivity contribution in [2.75, 3.05) is 0 Å². The van der Waals surface area contributed by atoms with Crippen LogP contribution in [0, 0.1) is 5.82 Å². The van der Waals surface area contributed by atoms with Gasteiger partial charge in [0.25, 0.3) is 0 Å². The minimum atomic E-state index is -0.238. The highest BCUT2D eigenvalue weighted by Gasteiger charge is 2.38. The molecule has 0 spiro atoms. The van der Waals surface area contributed by atoms with Crippen LogP contribution in [-0.4, -0.2) is 12.1 Å². The molecule has 1 saturated carbocycles. The number of carbonyl (C=O) groups excluding carboxylic acids is 1. The fourth-order valence-electron chi connectivity index (χ4n) is 1.49. The van der Waals surface area contributed by atoms with Crippen molar-refractivity contribution in [2.24, 2.45) is 4.99 Å². The van der Waals surface area contributed by atoms with Gasteiger partial charge in [-0.15, -0.1) is 0 Å². The van der Waals surface area contributed by atoms with Gasteiger partial charge in [0.2, 0.25) is 6.08 Å². The molecule has 2 atom stereocenters. The fourth-order valence-corrected chi connectivity index (χ4v) is 1.49. The normalized spacial score (nSPS) is 25.0. The molecule has 66 valence electrons. The Hall–Kier alpha value is -1.47. The Balaban J connectivity index is 2.16. The summed E-state index contributed by atoms with van der Waals surface area (Å²) < 4.78 is 12.8. The third kappa shape index (κ3) is 1.65. The van der Waals surface area contributed by atoms with Crippen molar-refractivity contribution in [3.63, 3.8) is 0 Å². The summed E-state index contributed by atoms with van der Waals surface area (Å²) in [5.41, 5.74) is 0.920. The number of aliphatic imine (C=N–C) groups is 1. The molecule has 0 radical (unpaired) electrons. The van der Waals surface area contributed by atoms with Gasteiger partial charge in [-0.25, -0.2) is 14.2 Å². The molecular weight excluding hydrogens is 169 g/mol. The molecule has 1 fully saturated rings. The zero-order valence-electron chi connectivity index (χ0n) is 6.90. The lowest BCUT2D eigenvalue weighted by Gasteiger charge is -1.96. The van der Waals surface area contributed by atoms with Gasteiger partial charge in [0.1, 0.15) is 5.82 Å². The van der Waals surface area contributed by atoms with Gasteiger partial charge in [-0.05, 0) is 24.1 Å². The molecule has 0 bridgehead atoms. The Morgan fingerprint density at radius 3 is 3.08 bits per heavy atom. The van der Waals surface area contributed by atoms with Gasteiger partial charge in [0.05, 0.1) is 6.04 Å². The van der Waals surface area contributed by atoms with Crippen LogP contribution in [0.5, 0.6) is 0 Å². The lowest BCUT2D eigenvalue weighted by atomic mass is 10.1. The van der Waals surface area contributed by atoms with E-state index in [1.165, 1.54) is 18.2 Å². The van der Waals surface area contributed by atoms with Crippen LogP contribution in [0.25, 0.3) is 0 Å². The molecule has 1 aromatic carbocycles. The maximum Gasteiger partial charge on any atom is 0.235 e. The molecule has 0 aromatic heterocycles. The van der Waals surface area contributed by atoms with Gasteiger partial charge in [-0.2, -0.15) is 0 Å². The number of rotatable bonds is 2. The van der Waals surface area contributed by atoms with Crippen molar-refractivity contribution >= 4 is 6.08 Å². The molecule has 1 aliphatic rings. The molecule has 0 aliphatic heterocycles. The van der Waals surface area contributed by atoms with Crippen LogP contribution in [0.15, 0.2) is 29.3 Å². The van der Waals surface area contributed by atoms with Gasteiger partial charge in [0, 0.05) is 5.92 Å². The van der Waals surface area contributed by atoms with E-state index in [1.54, 1.807) is 6.07 Å². The zero-order valence-corrected chi connectivity index (χ0v) is 6.90. The van der Waals surface area contributed by atoms with Crippen LogP contribution >= 0.6 is 0 Å². The Labute approximate surface area is 75.1 Å². The summed E-state index contributed by atoms with van der Waals surface area (Å²) in [6, 6.07) is 6.45. The molecule has 1 aromatic rings. The van der Waals surface area contributed by atoms with Gasteiger partial charge in [-0.3, -0.25) is 0 Å². The highest BCUT2D eigenvalue weighted by atomic mass is 19.1. The van der Waals surface area contributed by atoms with Crippen molar-refractivity contribution < 1.29 is 9.18 Å².